The van der Waals surface area contributed by atoms with E-state index in [4.69, 9.17) is 0 Å². The molecule has 0 aliphatic carbocycles. The topological polar surface area (TPSA) is 79.4 Å². The Morgan fingerprint density at radius 1 is 1.28 bits per heavy atom. The predicted molar refractivity (Wildman–Crippen MR) is 98.8 cm³/mol. The molecule has 7 heteroatoms. The number of aryl methyl sites for hydroxylation is 1. The lowest BCUT2D eigenvalue weighted by Gasteiger charge is -2.25. The number of aromatic nitrogens is 1. The third-order valence-electron chi connectivity index (χ3n) is 4.42. The van der Waals surface area contributed by atoms with Gasteiger partial charge < -0.3 is 10.2 Å². The van der Waals surface area contributed by atoms with Crippen molar-refractivity contribution in [3.8, 4) is 0 Å². The van der Waals surface area contributed by atoms with Gasteiger partial charge in [0.25, 0.3) is 5.91 Å². The number of hydrogen-bond acceptors (Lipinski definition) is 5. The molecule has 1 aliphatic rings. The monoisotopic (exact) mass is 359 g/mol. The Hall–Kier alpha value is -2.41. The van der Waals surface area contributed by atoms with E-state index >= 15 is 0 Å². The van der Waals surface area contributed by atoms with Crippen molar-refractivity contribution in [3.63, 3.8) is 0 Å². The number of nitrogens with zero attached hydrogens (tertiary/aromatic N) is 2. The van der Waals surface area contributed by atoms with Gasteiger partial charge in [-0.2, -0.15) is 0 Å². The van der Waals surface area contributed by atoms with Crippen LogP contribution in [0.25, 0.3) is 0 Å². The average Bonchev–Trinajstić information content (AvgIpc) is 2.94. The molecule has 1 unspecified atom stereocenters. The minimum absolute atomic E-state index is 0.0428. The minimum Gasteiger partial charge on any atom is -0.369 e. The van der Waals surface area contributed by atoms with Crippen molar-refractivity contribution in [2.45, 2.75) is 19.4 Å². The van der Waals surface area contributed by atoms with Crippen molar-refractivity contribution in [1.82, 2.24) is 4.98 Å². The third kappa shape index (κ3) is 4.17. The van der Waals surface area contributed by atoms with Crippen LogP contribution < -0.4 is 10.2 Å². The molecule has 1 aromatic carbocycles. The molecule has 132 valence electrons. The fraction of sp³-hybridized carbons (Fsp3) is 0.333. The summed E-state index contributed by atoms with van der Waals surface area (Å²) in [5.41, 5.74) is 2.91. The first-order chi connectivity index (χ1) is 11.8. The van der Waals surface area contributed by atoms with Gasteiger partial charge in [-0.25, -0.2) is 13.4 Å². The highest BCUT2D eigenvalue weighted by molar-refractivity contribution is 7.91. The Kier molecular flexibility index (Phi) is 4.76. The molecule has 3 rings (SSSR count). The Balaban J connectivity index is 1.68. The maximum atomic E-state index is 12.3. The maximum absolute atomic E-state index is 12.3. The average molecular weight is 359 g/mol. The van der Waals surface area contributed by atoms with Gasteiger partial charge in [-0.3, -0.25) is 4.79 Å². The molecular weight excluding hydrogens is 338 g/mol. The number of anilines is 2. The Morgan fingerprint density at radius 3 is 2.68 bits per heavy atom. The van der Waals surface area contributed by atoms with Crippen LogP contribution in [0.15, 0.2) is 42.6 Å². The van der Waals surface area contributed by atoms with Crippen LogP contribution in [0.5, 0.6) is 0 Å². The summed E-state index contributed by atoms with van der Waals surface area (Å²) in [6, 6.07) is 11.0. The molecule has 0 bridgehead atoms. The van der Waals surface area contributed by atoms with E-state index in [0.717, 1.165) is 16.9 Å². The predicted octanol–water partition coefficient (Wildman–Crippen LogP) is 2.27. The molecule has 0 spiro atoms. The normalized spacial score (nSPS) is 18.7. The zero-order valence-corrected chi connectivity index (χ0v) is 15.1. The second kappa shape index (κ2) is 6.84. The maximum Gasteiger partial charge on any atom is 0.274 e. The molecule has 1 atom stereocenters. The van der Waals surface area contributed by atoms with E-state index in [9.17, 15) is 13.2 Å². The van der Waals surface area contributed by atoms with Crippen LogP contribution in [0.3, 0.4) is 0 Å². The molecular formula is C18H21N3O3S. The summed E-state index contributed by atoms with van der Waals surface area (Å²) < 4.78 is 23.2. The van der Waals surface area contributed by atoms with Crippen LogP contribution >= 0.6 is 0 Å². The number of benzene rings is 1. The second-order valence-corrected chi connectivity index (χ2v) is 8.62. The number of hydrogen-bond donors (Lipinski definition) is 1. The highest BCUT2D eigenvalue weighted by atomic mass is 32.2. The summed E-state index contributed by atoms with van der Waals surface area (Å²) in [5, 5.41) is 2.82. The fourth-order valence-corrected chi connectivity index (χ4v) is 4.71. The van der Waals surface area contributed by atoms with Crippen LogP contribution in [0.1, 0.15) is 22.5 Å². The summed E-state index contributed by atoms with van der Waals surface area (Å²) in [6.45, 7) is 1.96. The van der Waals surface area contributed by atoms with Crippen LogP contribution in [-0.2, 0) is 9.84 Å². The van der Waals surface area contributed by atoms with Gasteiger partial charge in [0, 0.05) is 18.8 Å². The van der Waals surface area contributed by atoms with E-state index in [1.54, 1.807) is 18.3 Å². The second-order valence-electron chi connectivity index (χ2n) is 6.39. The highest BCUT2D eigenvalue weighted by Gasteiger charge is 2.30. The molecule has 0 radical (unpaired) electrons. The van der Waals surface area contributed by atoms with Crippen molar-refractivity contribution in [2.75, 3.05) is 28.8 Å². The lowest BCUT2D eigenvalue weighted by atomic mass is 10.2. The van der Waals surface area contributed by atoms with Crippen molar-refractivity contribution in [1.29, 1.82) is 0 Å². The summed E-state index contributed by atoms with van der Waals surface area (Å²) in [5.74, 6) is 0.120. The van der Waals surface area contributed by atoms with Crippen LogP contribution in [-0.4, -0.2) is 43.9 Å². The first-order valence-corrected chi connectivity index (χ1v) is 9.93. The van der Waals surface area contributed by atoms with Crippen molar-refractivity contribution in [2.24, 2.45) is 0 Å². The van der Waals surface area contributed by atoms with Crippen LogP contribution in [0.2, 0.25) is 0 Å². The van der Waals surface area contributed by atoms with Crippen molar-refractivity contribution in [3.05, 3.63) is 53.9 Å². The molecule has 2 aromatic rings. The zero-order valence-electron chi connectivity index (χ0n) is 14.3. The van der Waals surface area contributed by atoms with Gasteiger partial charge in [-0.05, 0) is 43.2 Å². The highest BCUT2D eigenvalue weighted by Crippen LogP contribution is 2.22. The van der Waals surface area contributed by atoms with Crippen molar-refractivity contribution >= 4 is 27.1 Å². The van der Waals surface area contributed by atoms with Gasteiger partial charge in [0.2, 0.25) is 0 Å². The molecule has 6 nitrogen and oxygen atoms in total. The van der Waals surface area contributed by atoms with E-state index in [1.165, 1.54) is 0 Å². The van der Waals surface area contributed by atoms with E-state index in [2.05, 4.69) is 10.3 Å². The molecule has 1 aromatic heterocycles. The fourth-order valence-electron chi connectivity index (χ4n) is 2.94. The van der Waals surface area contributed by atoms with E-state index < -0.39 is 9.84 Å². The SMILES string of the molecule is Cc1cccc(NC(=O)c2ccc(N(C)C3CCS(=O)(=O)C3)cn2)c1. The quantitative estimate of drug-likeness (QED) is 0.906. The Labute approximate surface area is 147 Å². The number of carbonyl (C=O) groups excluding carboxylic acids is 1. The lowest BCUT2D eigenvalue weighted by Crippen LogP contribution is -2.32. The van der Waals surface area contributed by atoms with Gasteiger partial charge >= 0.3 is 0 Å². The Morgan fingerprint density at radius 2 is 2.08 bits per heavy atom. The van der Waals surface area contributed by atoms with E-state index in [-0.39, 0.29) is 23.5 Å². The van der Waals surface area contributed by atoms with Gasteiger partial charge in [-0.1, -0.05) is 12.1 Å². The standard InChI is InChI=1S/C18H21N3O3S/c1-13-4-3-5-14(10-13)20-18(22)17-7-6-15(11-19-17)21(2)16-8-9-25(23,24)12-16/h3-7,10-11,16H,8-9,12H2,1-2H3,(H,20,22). The van der Waals surface area contributed by atoms with Crippen molar-refractivity contribution < 1.29 is 13.2 Å². The smallest absolute Gasteiger partial charge is 0.274 e. The molecule has 1 aliphatic heterocycles. The summed E-state index contributed by atoms with van der Waals surface area (Å²) >= 11 is 0. The van der Waals surface area contributed by atoms with Crippen LogP contribution in [0.4, 0.5) is 11.4 Å². The number of carbonyl (C=O) groups is 1. The molecule has 1 N–H and O–H groups in total. The molecule has 25 heavy (non-hydrogen) atoms. The summed E-state index contributed by atoms with van der Waals surface area (Å²) in [4.78, 5) is 18.4. The molecule has 0 saturated carbocycles. The van der Waals surface area contributed by atoms with Gasteiger partial charge in [0.1, 0.15) is 5.69 Å². The summed E-state index contributed by atoms with van der Waals surface area (Å²) in [6.07, 6.45) is 2.23. The number of amides is 1. The third-order valence-corrected chi connectivity index (χ3v) is 6.17. The number of nitrogens with one attached hydrogen (secondary N) is 1. The molecule has 2 heterocycles. The Bertz CT molecular complexity index is 879. The van der Waals surface area contributed by atoms with E-state index in [1.807, 2.05) is 43.1 Å². The zero-order chi connectivity index (χ0) is 18.0. The molecule has 1 fully saturated rings. The molecule has 1 amide bonds. The van der Waals surface area contributed by atoms with Gasteiger partial charge in [-0.15, -0.1) is 0 Å². The van der Waals surface area contributed by atoms with E-state index in [0.29, 0.717) is 12.1 Å². The van der Waals surface area contributed by atoms with Crippen LogP contribution in [0, 0.1) is 6.92 Å². The largest absolute Gasteiger partial charge is 0.369 e. The van der Waals surface area contributed by atoms with Gasteiger partial charge in [0.15, 0.2) is 9.84 Å². The number of sulfone groups is 1. The minimum atomic E-state index is -2.93. The number of rotatable bonds is 4. The summed E-state index contributed by atoms with van der Waals surface area (Å²) in [7, 11) is -1.08. The first kappa shape index (κ1) is 17.4. The van der Waals surface area contributed by atoms with Gasteiger partial charge in [0.05, 0.1) is 23.4 Å². The number of pyridine rings is 1. The molecule has 1 saturated heterocycles. The first-order valence-electron chi connectivity index (χ1n) is 8.11. The lowest BCUT2D eigenvalue weighted by molar-refractivity contribution is 0.102.